The van der Waals surface area contributed by atoms with Gasteiger partial charge in [-0.2, -0.15) is 11.3 Å². The van der Waals surface area contributed by atoms with Gasteiger partial charge in [-0.25, -0.2) is 0 Å². The minimum absolute atomic E-state index is 0.0214. The summed E-state index contributed by atoms with van der Waals surface area (Å²) < 4.78 is 2.21. The Hall–Kier alpha value is -1.07. The van der Waals surface area contributed by atoms with Gasteiger partial charge < -0.3 is 10.3 Å². The maximum atomic E-state index is 12.0. The molecule has 0 atom stereocenters. The predicted molar refractivity (Wildman–Crippen MR) is 75.6 cm³/mol. The first-order chi connectivity index (χ1) is 8.09. The van der Waals surface area contributed by atoms with Crippen LogP contribution in [0.5, 0.6) is 0 Å². The van der Waals surface area contributed by atoms with E-state index in [-0.39, 0.29) is 5.56 Å². The number of rotatable bonds is 3. The molecule has 2 N–H and O–H groups in total. The number of aromatic nitrogens is 1. The summed E-state index contributed by atoms with van der Waals surface area (Å²) in [6.07, 6.45) is 2.56. The Labute approximate surface area is 112 Å². The van der Waals surface area contributed by atoms with Gasteiger partial charge in [0.25, 0.3) is 5.56 Å². The Bertz CT molecular complexity index is 575. The average molecular weight is 313 g/mol. The summed E-state index contributed by atoms with van der Waals surface area (Å²) >= 11 is 4.95. The Morgan fingerprint density at radius 1 is 1.53 bits per heavy atom. The standard InChI is InChI=1S/C12H13BrN2OS/c1-8-10(14)6-15(12(16)11(8)13)4-2-9-3-5-17-7-9/h3,5-7H,2,4,14H2,1H3. The molecule has 3 nitrogen and oxygen atoms in total. The molecular weight excluding hydrogens is 300 g/mol. The quantitative estimate of drug-likeness (QED) is 0.947. The fraction of sp³-hybridized carbons (Fsp3) is 0.250. The van der Waals surface area contributed by atoms with Gasteiger partial charge in [-0.05, 0) is 57.2 Å². The molecule has 0 saturated carbocycles. The van der Waals surface area contributed by atoms with Crippen LogP contribution in [-0.2, 0) is 13.0 Å². The SMILES string of the molecule is Cc1c(N)cn(CCc2ccsc2)c(=O)c1Br. The van der Waals surface area contributed by atoms with Crippen molar-refractivity contribution in [2.75, 3.05) is 5.73 Å². The Kier molecular flexibility index (Phi) is 3.69. The Morgan fingerprint density at radius 3 is 2.94 bits per heavy atom. The average Bonchev–Trinajstić information content (AvgIpc) is 2.82. The lowest BCUT2D eigenvalue weighted by Crippen LogP contribution is -2.23. The smallest absolute Gasteiger partial charge is 0.265 e. The topological polar surface area (TPSA) is 48.0 Å². The van der Waals surface area contributed by atoms with E-state index in [0.29, 0.717) is 16.7 Å². The molecule has 0 aliphatic carbocycles. The summed E-state index contributed by atoms with van der Waals surface area (Å²) in [6, 6.07) is 2.07. The van der Waals surface area contributed by atoms with Crippen molar-refractivity contribution in [3.05, 3.63) is 49.0 Å². The van der Waals surface area contributed by atoms with Gasteiger partial charge in [-0.1, -0.05) is 0 Å². The van der Waals surface area contributed by atoms with Gasteiger partial charge in [-0.3, -0.25) is 4.79 Å². The highest BCUT2D eigenvalue weighted by atomic mass is 79.9. The third-order valence-electron chi connectivity index (χ3n) is 2.73. The van der Waals surface area contributed by atoms with Crippen LogP contribution >= 0.6 is 27.3 Å². The monoisotopic (exact) mass is 312 g/mol. The van der Waals surface area contributed by atoms with E-state index in [1.807, 2.05) is 12.3 Å². The molecule has 2 heterocycles. The number of hydrogen-bond acceptors (Lipinski definition) is 3. The number of nitrogen functional groups attached to an aromatic ring is 1. The molecule has 0 saturated heterocycles. The second-order valence-corrected chi connectivity index (χ2v) is 5.48. The van der Waals surface area contributed by atoms with E-state index in [0.717, 1.165) is 12.0 Å². The zero-order valence-corrected chi connectivity index (χ0v) is 11.8. The van der Waals surface area contributed by atoms with Crippen LogP contribution in [0.15, 0.2) is 32.3 Å². The van der Waals surface area contributed by atoms with E-state index >= 15 is 0 Å². The number of anilines is 1. The number of pyridine rings is 1. The van der Waals surface area contributed by atoms with Crippen molar-refractivity contribution in [2.45, 2.75) is 19.9 Å². The molecule has 0 bridgehead atoms. The van der Waals surface area contributed by atoms with E-state index < -0.39 is 0 Å². The maximum absolute atomic E-state index is 12.0. The third kappa shape index (κ3) is 2.61. The molecule has 2 rings (SSSR count). The van der Waals surface area contributed by atoms with Crippen molar-refractivity contribution >= 4 is 33.0 Å². The predicted octanol–water partition coefficient (Wildman–Crippen LogP) is 2.81. The lowest BCUT2D eigenvalue weighted by Gasteiger charge is -2.09. The Morgan fingerprint density at radius 2 is 2.29 bits per heavy atom. The molecule has 90 valence electrons. The largest absolute Gasteiger partial charge is 0.397 e. The molecule has 2 aromatic heterocycles. The number of nitrogens with two attached hydrogens (primary N) is 1. The highest BCUT2D eigenvalue weighted by Crippen LogP contribution is 2.17. The highest BCUT2D eigenvalue weighted by molar-refractivity contribution is 9.10. The molecule has 0 radical (unpaired) electrons. The van der Waals surface area contributed by atoms with Crippen molar-refractivity contribution in [1.82, 2.24) is 4.57 Å². The summed E-state index contributed by atoms with van der Waals surface area (Å²) in [5, 5.41) is 4.13. The van der Waals surface area contributed by atoms with Gasteiger partial charge in [0, 0.05) is 12.7 Å². The van der Waals surface area contributed by atoms with Crippen LogP contribution in [0.25, 0.3) is 0 Å². The van der Waals surface area contributed by atoms with E-state index in [4.69, 9.17) is 5.73 Å². The minimum Gasteiger partial charge on any atom is -0.397 e. The van der Waals surface area contributed by atoms with Crippen LogP contribution in [0.1, 0.15) is 11.1 Å². The number of aryl methyl sites for hydroxylation is 2. The number of hydrogen-bond donors (Lipinski definition) is 1. The Balaban J connectivity index is 2.25. The molecule has 17 heavy (non-hydrogen) atoms. The van der Waals surface area contributed by atoms with Crippen molar-refractivity contribution < 1.29 is 0 Å². The van der Waals surface area contributed by atoms with Crippen LogP contribution in [0.2, 0.25) is 0 Å². The third-order valence-corrected chi connectivity index (χ3v) is 4.39. The fourth-order valence-electron chi connectivity index (χ4n) is 1.59. The zero-order chi connectivity index (χ0) is 12.4. The van der Waals surface area contributed by atoms with Gasteiger partial charge in [0.15, 0.2) is 0 Å². The molecule has 0 aliphatic heterocycles. The lowest BCUT2D eigenvalue weighted by molar-refractivity contribution is 0.668. The van der Waals surface area contributed by atoms with Gasteiger partial charge in [0.2, 0.25) is 0 Å². The van der Waals surface area contributed by atoms with Crippen LogP contribution < -0.4 is 11.3 Å². The van der Waals surface area contributed by atoms with Crippen LogP contribution in [-0.4, -0.2) is 4.57 Å². The number of nitrogens with zero attached hydrogens (tertiary/aromatic N) is 1. The summed E-state index contributed by atoms with van der Waals surface area (Å²) in [4.78, 5) is 12.0. The van der Waals surface area contributed by atoms with E-state index in [2.05, 4.69) is 27.4 Å². The van der Waals surface area contributed by atoms with Crippen LogP contribution in [0, 0.1) is 6.92 Å². The van der Waals surface area contributed by atoms with Crippen molar-refractivity contribution in [3.63, 3.8) is 0 Å². The van der Waals surface area contributed by atoms with E-state index in [1.165, 1.54) is 5.56 Å². The second kappa shape index (κ2) is 5.06. The van der Waals surface area contributed by atoms with Gasteiger partial charge in [0.05, 0.1) is 10.2 Å². The molecule has 0 aromatic carbocycles. The van der Waals surface area contributed by atoms with Gasteiger partial charge >= 0.3 is 0 Å². The zero-order valence-electron chi connectivity index (χ0n) is 9.44. The summed E-state index contributed by atoms with van der Waals surface area (Å²) in [5.41, 5.74) is 8.53. The summed E-state index contributed by atoms with van der Waals surface area (Å²) in [6.45, 7) is 2.49. The molecular formula is C12H13BrN2OS. The van der Waals surface area contributed by atoms with Crippen molar-refractivity contribution in [3.8, 4) is 0 Å². The van der Waals surface area contributed by atoms with Crippen LogP contribution in [0.4, 0.5) is 5.69 Å². The first kappa shape index (κ1) is 12.4. The molecule has 0 fully saturated rings. The highest BCUT2D eigenvalue weighted by Gasteiger charge is 2.08. The number of thiophene rings is 1. The molecule has 5 heteroatoms. The first-order valence-electron chi connectivity index (χ1n) is 5.25. The number of halogens is 1. The van der Waals surface area contributed by atoms with Gasteiger partial charge in [0.1, 0.15) is 0 Å². The van der Waals surface area contributed by atoms with Crippen LogP contribution in [0.3, 0.4) is 0 Å². The minimum atomic E-state index is -0.0214. The maximum Gasteiger partial charge on any atom is 0.265 e. The summed E-state index contributed by atoms with van der Waals surface area (Å²) in [5.74, 6) is 0. The molecule has 0 amide bonds. The van der Waals surface area contributed by atoms with Crippen molar-refractivity contribution in [2.24, 2.45) is 0 Å². The van der Waals surface area contributed by atoms with E-state index in [9.17, 15) is 4.79 Å². The second-order valence-electron chi connectivity index (χ2n) is 3.90. The van der Waals surface area contributed by atoms with Gasteiger partial charge in [-0.15, -0.1) is 0 Å². The van der Waals surface area contributed by atoms with Crippen molar-refractivity contribution in [1.29, 1.82) is 0 Å². The fourth-order valence-corrected chi connectivity index (χ4v) is 2.75. The van der Waals surface area contributed by atoms with E-state index in [1.54, 1.807) is 22.1 Å². The molecule has 0 spiro atoms. The first-order valence-corrected chi connectivity index (χ1v) is 6.99. The molecule has 2 aromatic rings. The normalized spacial score (nSPS) is 10.7. The lowest BCUT2D eigenvalue weighted by atomic mass is 10.2. The molecule has 0 aliphatic rings. The summed E-state index contributed by atoms with van der Waals surface area (Å²) in [7, 11) is 0. The molecule has 0 unspecified atom stereocenters.